The number of carbonyl (C=O) groups excluding carboxylic acids is 1. The molecule has 5 heteroatoms. The van der Waals surface area contributed by atoms with Crippen LogP contribution >= 0.6 is 22.6 Å². The van der Waals surface area contributed by atoms with Crippen LogP contribution in [0.2, 0.25) is 0 Å². The van der Waals surface area contributed by atoms with E-state index < -0.39 is 6.29 Å². The summed E-state index contributed by atoms with van der Waals surface area (Å²) in [6.07, 6.45) is -0.260. The van der Waals surface area contributed by atoms with Crippen LogP contribution in [-0.4, -0.2) is 17.3 Å². The molecule has 1 unspecified atom stereocenters. The fourth-order valence-corrected chi connectivity index (χ4v) is 2.50. The van der Waals surface area contributed by atoms with Gasteiger partial charge >= 0.3 is 0 Å². The van der Waals surface area contributed by atoms with Crippen molar-refractivity contribution in [2.75, 3.05) is 0 Å². The molecule has 1 aromatic rings. The van der Waals surface area contributed by atoms with Crippen molar-refractivity contribution in [3.05, 3.63) is 26.8 Å². The Labute approximate surface area is 107 Å². The topological polar surface area (TPSA) is 58.6 Å². The van der Waals surface area contributed by atoms with Crippen LogP contribution in [0.3, 0.4) is 0 Å². The minimum atomic E-state index is -0.793. The van der Waals surface area contributed by atoms with Crippen LogP contribution in [0.5, 0.6) is 5.75 Å². The van der Waals surface area contributed by atoms with Gasteiger partial charge in [0, 0.05) is 16.5 Å². The van der Waals surface area contributed by atoms with E-state index in [2.05, 4.69) is 27.9 Å². The summed E-state index contributed by atoms with van der Waals surface area (Å²) in [5, 5.41) is 12.2. The van der Waals surface area contributed by atoms with Crippen molar-refractivity contribution in [1.29, 1.82) is 0 Å². The molecule has 2 rings (SSSR count). The predicted octanol–water partition coefficient (Wildman–Crippen LogP) is 1.64. The summed E-state index contributed by atoms with van der Waals surface area (Å²) >= 11 is 2.10. The van der Waals surface area contributed by atoms with Crippen molar-refractivity contribution < 1.29 is 14.6 Å². The van der Waals surface area contributed by atoms with Crippen LogP contribution in [0.15, 0.2) is 12.1 Å². The number of rotatable bonds is 3. The van der Waals surface area contributed by atoms with Crippen molar-refractivity contribution >= 4 is 28.5 Å². The fraction of sp³-hybridized carbons (Fsp3) is 0.364. The van der Waals surface area contributed by atoms with Gasteiger partial charge in [-0.3, -0.25) is 4.79 Å². The summed E-state index contributed by atoms with van der Waals surface area (Å²) in [6.45, 7) is 2.37. The highest BCUT2D eigenvalue weighted by atomic mass is 127. The Morgan fingerprint density at radius 3 is 3.06 bits per heavy atom. The molecule has 1 atom stereocenters. The molecule has 1 heterocycles. The standard InChI is InChI=1S/C11H12INO3/c1-2-9(14)16-7-3-6-5-13-11(15)10(6)8(12)4-7/h3-4,9,14H,2,5H2,1H3,(H,13,15). The van der Waals surface area contributed by atoms with Gasteiger partial charge in [0.2, 0.25) is 0 Å². The molecule has 0 aliphatic carbocycles. The molecule has 0 fully saturated rings. The maximum atomic E-state index is 11.5. The van der Waals surface area contributed by atoms with Gasteiger partial charge in [0.25, 0.3) is 5.91 Å². The number of aliphatic hydroxyl groups excluding tert-OH is 1. The number of hydrogen-bond acceptors (Lipinski definition) is 3. The van der Waals surface area contributed by atoms with Crippen molar-refractivity contribution in [1.82, 2.24) is 5.32 Å². The van der Waals surface area contributed by atoms with Gasteiger partial charge in [0.15, 0.2) is 6.29 Å². The zero-order chi connectivity index (χ0) is 11.7. The molecule has 0 bridgehead atoms. The van der Waals surface area contributed by atoms with Crippen LogP contribution in [0.25, 0.3) is 0 Å². The van der Waals surface area contributed by atoms with E-state index in [1.54, 1.807) is 12.1 Å². The first kappa shape index (κ1) is 11.7. The van der Waals surface area contributed by atoms with Crippen LogP contribution in [0.1, 0.15) is 29.3 Å². The molecular weight excluding hydrogens is 321 g/mol. The third-order valence-electron chi connectivity index (χ3n) is 2.43. The summed E-state index contributed by atoms with van der Waals surface area (Å²) in [4.78, 5) is 11.5. The number of carbonyl (C=O) groups is 1. The van der Waals surface area contributed by atoms with Crippen molar-refractivity contribution in [3.63, 3.8) is 0 Å². The molecule has 4 nitrogen and oxygen atoms in total. The molecule has 86 valence electrons. The average Bonchev–Trinajstić information content (AvgIpc) is 2.60. The smallest absolute Gasteiger partial charge is 0.252 e. The molecule has 0 saturated heterocycles. The van der Waals surface area contributed by atoms with Crippen LogP contribution < -0.4 is 10.1 Å². The first-order chi connectivity index (χ1) is 7.61. The number of halogens is 1. The fourth-order valence-electron chi connectivity index (χ4n) is 1.60. The van der Waals surface area contributed by atoms with Gasteiger partial charge in [0.05, 0.1) is 5.56 Å². The number of ether oxygens (including phenoxy) is 1. The number of nitrogens with one attached hydrogen (secondary N) is 1. The SMILES string of the molecule is CCC(O)Oc1cc(I)c2c(c1)CNC2=O. The van der Waals surface area contributed by atoms with Gasteiger partial charge in [-0.05, 0) is 40.3 Å². The lowest BCUT2D eigenvalue weighted by Crippen LogP contribution is -2.14. The third kappa shape index (κ3) is 2.15. The molecule has 0 spiro atoms. The molecule has 1 aliphatic heterocycles. The summed E-state index contributed by atoms with van der Waals surface area (Å²) < 4.78 is 6.17. The van der Waals surface area contributed by atoms with Gasteiger partial charge in [-0.1, -0.05) is 6.92 Å². The summed E-state index contributed by atoms with van der Waals surface area (Å²) in [5.74, 6) is 0.566. The number of hydrogen-bond donors (Lipinski definition) is 2. The van der Waals surface area contributed by atoms with E-state index in [-0.39, 0.29) is 5.91 Å². The second-order valence-electron chi connectivity index (χ2n) is 3.60. The molecule has 0 aromatic heterocycles. The number of aliphatic hydroxyl groups is 1. The Balaban J connectivity index is 2.31. The first-order valence-corrected chi connectivity index (χ1v) is 6.15. The minimum Gasteiger partial charge on any atom is -0.465 e. The van der Waals surface area contributed by atoms with E-state index in [1.807, 2.05) is 6.92 Å². The quantitative estimate of drug-likeness (QED) is 0.653. The highest BCUT2D eigenvalue weighted by Gasteiger charge is 2.23. The highest BCUT2D eigenvalue weighted by molar-refractivity contribution is 14.1. The van der Waals surface area contributed by atoms with E-state index in [9.17, 15) is 9.90 Å². The summed E-state index contributed by atoms with van der Waals surface area (Å²) in [5.41, 5.74) is 1.65. The Kier molecular flexibility index (Phi) is 3.34. The van der Waals surface area contributed by atoms with Gasteiger partial charge < -0.3 is 15.2 Å². The van der Waals surface area contributed by atoms with Crippen molar-refractivity contribution in [3.8, 4) is 5.75 Å². The Hall–Kier alpha value is -0.820. The molecule has 2 N–H and O–H groups in total. The van der Waals surface area contributed by atoms with Crippen molar-refractivity contribution in [2.24, 2.45) is 0 Å². The van der Waals surface area contributed by atoms with Gasteiger partial charge in [-0.25, -0.2) is 0 Å². The Morgan fingerprint density at radius 1 is 1.62 bits per heavy atom. The highest BCUT2D eigenvalue weighted by Crippen LogP contribution is 2.27. The second kappa shape index (κ2) is 4.58. The number of fused-ring (bicyclic) bond motifs is 1. The van der Waals surface area contributed by atoms with Crippen LogP contribution in [0.4, 0.5) is 0 Å². The molecular formula is C11H12INO3. The molecule has 0 radical (unpaired) electrons. The summed E-state index contributed by atoms with van der Waals surface area (Å²) in [6, 6.07) is 3.57. The Bertz CT molecular complexity index is 433. The largest absolute Gasteiger partial charge is 0.465 e. The van der Waals surface area contributed by atoms with Crippen LogP contribution in [0, 0.1) is 3.57 Å². The van der Waals surface area contributed by atoms with E-state index in [4.69, 9.17) is 4.74 Å². The third-order valence-corrected chi connectivity index (χ3v) is 3.28. The van der Waals surface area contributed by atoms with E-state index in [1.165, 1.54) is 0 Å². The normalized spacial score (nSPS) is 15.6. The average molecular weight is 333 g/mol. The number of amides is 1. The van der Waals surface area contributed by atoms with Crippen LogP contribution in [-0.2, 0) is 6.54 Å². The van der Waals surface area contributed by atoms with Gasteiger partial charge in [-0.15, -0.1) is 0 Å². The van der Waals surface area contributed by atoms with E-state index >= 15 is 0 Å². The first-order valence-electron chi connectivity index (χ1n) is 5.07. The monoisotopic (exact) mass is 333 g/mol. The minimum absolute atomic E-state index is 0.0398. The van der Waals surface area contributed by atoms with Crippen molar-refractivity contribution in [2.45, 2.75) is 26.2 Å². The van der Waals surface area contributed by atoms with E-state index in [0.29, 0.717) is 18.7 Å². The summed E-state index contributed by atoms with van der Waals surface area (Å²) in [7, 11) is 0. The van der Waals surface area contributed by atoms with Gasteiger partial charge in [-0.2, -0.15) is 0 Å². The van der Waals surface area contributed by atoms with Gasteiger partial charge in [0.1, 0.15) is 5.75 Å². The maximum Gasteiger partial charge on any atom is 0.252 e. The zero-order valence-electron chi connectivity index (χ0n) is 8.79. The molecule has 1 aromatic carbocycles. The number of benzene rings is 1. The molecule has 0 saturated carbocycles. The van der Waals surface area contributed by atoms with E-state index in [0.717, 1.165) is 14.7 Å². The molecule has 1 aliphatic rings. The lowest BCUT2D eigenvalue weighted by atomic mass is 10.1. The molecule has 1 amide bonds. The lowest BCUT2D eigenvalue weighted by Gasteiger charge is -2.12. The predicted molar refractivity (Wildman–Crippen MR) is 67.3 cm³/mol. The second-order valence-corrected chi connectivity index (χ2v) is 4.76. The maximum absolute atomic E-state index is 11.5. The molecule has 16 heavy (non-hydrogen) atoms. The lowest BCUT2D eigenvalue weighted by molar-refractivity contribution is -0.0192. The zero-order valence-corrected chi connectivity index (χ0v) is 10.9. The Morgan fingerprint density at radius 2 is 2.38 bits per heavy atom.